The first-order valence-electron chi connectivity index (χ1n) is 8.20. The van der Waals surface area contributed by atoms with Crippen molar-refractivity contribution in [2.75, 3.05) is 27.4 Å². The highest BCUT2D eigenvalue weighted by atomic mass is 16.5. The lowest BCUT2D eigenvalue weighted by atomic mass is 10.1. The van der Waals surface area contributed by atoms with Gasteiger partial charge in [0, 0.05) is 6.54 Å². The second-order valence-corrected chi connectivity index (χ2v) is 5.69. The number of hydrogen-bond acceptors (Lipinski definition) is 5. The Hall–Kier alpha value is -3.02. The molecule has 2 rings (SSSR count). The fourth-order valence-corrected chi connectivity index (χ4v) is 2.41. The summed E-state index contributed by atoms with van der Waals surface area (Å²) in [5, 5.41) is 0. The van der Waals surface area contributed by atoms with Crippen molar-refractivity contribution in [3.05, 3.63) is 59.7 Å². The Balaban J connectivity index is 2.09. The second kappa shape index (κ2) is 9.46. The summed E-state index contributed by atoms with van der Waals surface area (Å²) < 4.78 is 15.5. The van der Waals surface area contributed by atoms with E-state index in [0.717, 1.165) is 11.1 Å². The van der Waals surface area contributed by atoms with Gasteiger partial charge in [-0.1, -0.05) is 36.4 Å². The minimum Gasteiger partial charge on any atom is -0.493 e. The molecule has 0 spiro atoms. The van der Waals surface area contributed by atoms with Crippen LogP contribution < -0.4 is 9.47 Å². The highest BCUT2D eigenvalue weighted by Crippen LogP contribution is 2.25. The topological polar surface area (TPSA) is 65.1 Å². The van der Waals surface area contributed by atoms with Crippen molar-refractivity contribution >= 4 is 11.9 Å². The molecule has 0 saturated carbocycles. The normalized spacial score (nSPS) is 10.1. The van der Waals surface area contributed by atoms with Gasteiger partial charge in [0.2, 0.25) is 0 Å². The second-order valence-electron chi connectivity index (χ2n) is 5.69. The molecule has 0 unspecified atom stereocenters. The van der Waals surface area contributed by atoms with Crippen LogP contribution in [0.1, 0.15) is 11.1 Å². The van der Waals surface area contributed by atoms with Crippen LogP contribution in [0.2, 0.25) is 0 Å². The van der Waals surface area contributed by atoms with Crippen molar-refractivity contribution in [2.45, 2.75) is 13.5 Å². The Morgan fingerprint density at radius 1 is 0.962 bits per heavy atom. The molecular weight excluding hydrogens is 334 g/mol. The smallest absolute Gasteiger partial charge is 0.325 e. The van der Waals surface area contributed by atoms with Gasteiger partial charge in [0.25, 0.3) is 5.91 Å². The van der Waals surface area contributed by atoms with Crippen molar-refractivity contribution in [3.63, 3.8) is 0 Å². The number of rotatable bonds is 8. The van der Waals surface area contributed by atoms with Crippen molar-refractivity contribution in [3.8, 4) is 11.5 Å². The van der Waals surface area contributed by atoms with E-state index < -0.39 is 5.97 Å². The molecule has 2 aromatic rings. The van der Waals surface area contributed by atoms with Gasteiger partial charge >= 0.3 is 5.97 Å². The molecule has 0 radical (unpaired) electrons. The van der Waals surface area contributed by atoms with Crippen LogP contribution in [0.5, 0.6) is 11.5 Å². The molecule has 0 saturated heterocycles. The van der Waals surface area contributed by atoms with Gasteiger partial charge in [-0.05, 0) is 30.2 Å². The zero-order chi connectivity index (χ0) is 18.9. The molecule has 6 heteroatoms. The molecule has 0 atom stereocenters. The van der Waals surface area contributed by atoms with Gasteiger partial charge in [-0.3, -0.25) is 9.59 Å². The van der Waals surface area contributed by atoms with E-state index in [0.29, 0.717) is 18.0 Å². The van der Waals surface area contributed by atoms with Gasteiger partial charge < -0.3 is 19.1 Å². The van der Waals surface area contributed by atoms with E-state index in [-0.39, 0.29) is 19.1 Å². The third kappa shape index (κ3) is 5.24. The van der Waals surface area contributed by atoms with Crippen LogP contribution in [0.25, 0.3) is 0 Å². The quantitative estimate of drug-likeness (QED) is 0.680. The molecule has 0 aromatic heterocycles. The molecule has 0 fully saturated rings. The zero-order valence-corrected chi connectivity index (χ0v) is 15.2. The molecule has 0 aliphatic heterocycles. The van der Waals surface area contributed by atoms with Crippen LogP contribution in [0, 0.1) is 6.92 Å². The minimum atomic E-state index is -0.482. The Labute approximate surface area is 153 Å². The fraction of sp³-hybridized carbons (Fsp3) is 0.300. The standard InChI is InChI=1S/C20H23NO5/c1-15-8-4-5-9-16(15)12-21(13-20(23)25-3)19(22)14-26-18-11-7-6-10-17(18)24-2/h4-11H,12-14H2,1-3H3. The Kier molecular flexibility index (Phi) is 7.02. The van der Waals surface area contributed by atoms with Crippen LogP contribution in [0.3, 0.4) is 0 Å². The maximum Gasteiger partial charge on any atom is 0.325 e. The fourth-order valence-electron chi connectivity index (χ4n) is 2.41. The average Bonchev–Trinajstić information content (AvgIpc) is 2.67. The maximum atomic E-state index is 12.6. The number of ether oxygens (including phenoxy) is 3. The number of benzene rings is 2. The molecule has 2 aromatic carbocycles. The van der Waals surface area contributed by atoms with Crippen LogP contribution in [-0.2, 0) is 20.9 Å². The summed E-state index contributed by atoms with van der Waals surface area (Å²) in [5.74, 6) is 0.213. The van der Waals surface area contributed by atoms with Crippen LogP contribution in [0.15, 0.2) is 48.5 Å². The van der Waals surface area contributed by atoms with Gasteiger partial charge in [-0.2, -0.15) is 0 Å². The highest BCUT2D eigenvalue weighted by Gasteiger charge is 2.20. The molecule has 0 bridgehead atoms. The van der Waals surface area contributed by atoms with Crippen molar-refractivity contribution in [1.29, 1.82) is 0 Å². The van der Waals surface area contributed by atoms with Gasteiger partial charge in [0.1, 0.15) is 6.54 Å². The summed E-state index contributed by atoms with van der Waals surface area (Å²) in [7, 11) is 2.83. The first-order chi connectivity index (χ1) is 12.5. The summed E-state index contributed by atoms with van der Waals surface area (Å²) in [4.78, 5) is 25.8. The molecule has 6 nitrogen and oxygen atoms in total. The predicted molar refractivity (Wildman–Crippen MR) is 97.1 cm³/mol. The molecule has 0 aliphatic rings. The van der Waals surface area contributed by atoms with Crippen molar-refractivity contribution in [2.24, 2.45) is 0 Å². The summed E-state index contributed by atoms with van der Waals surface area (Å²) in [6, 6.07) is 14.8. The lowest BCUT2D eigenvalue weighted by Crippen LogP contribution is -2.38. The van der Waals surface area contributed by atoms with E-state index in [4.69, 9.17) is 14.2 Å². The SMILES string of the molecule is COC(=O)CN(Cc1ccccc1C)C(=O)COc1ccccc1OC. The summed E-state index contributed by atoms with van der Waals surface area (Å²) in [6.45, 7) is 1.92. The lowest BCUT2D eigenvalue weighted by molar-refractivity contribution is -0.148. The summed E-state index contributed by atoms with van der Waals surface area (Å²) >= 11 is 0. The molecule has 0 heterocycles. The van der Waals surface area contributed by atoms with E-state index in [1.165, 1.54) is 19.1 Å². The number of methoxy groups -OCH3 is 2. The van der Waals surface area contributed by atoms with Crippen molar-refractivity contribution < 1.29 is 23.8 Å². The number of amides is 1. The number of aryl methyl sites for hydroxylation is 1. The number of carbonyl (C=O) groups is 2. The molecule has 138 valence electrons. The van der Waals surface area contributed by atoms with Gasteiger partial charge in [0.15, 0.2) is 18.1 Å². The van der Waals surface area contributed by atoms with Crippen LogP contribution in [-0.4, -0.2) is 44.1 Å². The Morgan fingerprint density at radius 2 is 1.62 bits per heavy atom. The molecule has 0 N–H and O–H groups in total. The summed E-state index contributed by atoms with van der Waals surface area (Å²) in [6.07, 6.45) is 0. The maximum absolute atomic E-state index is 12.6. The first-order valence-corrected chi connectivity index (χ1v) is 8.20. The van der Waals surface area contributed by atoms with Gasteiger partial charge in [-0.15, -0.1) is 0 Å². The minimum absolute atomic E-state index is 0.140. The first kappa shape index (κ1) is 19.3. The number of carbonyl (C=O) groups excluding carboxylic acids is 2. The molecular formula is C20H23NO5. The summed E-state index contributed by atoms with van der Waals surface area (Å²) in [5.41, 5.74) is 2.00. The molecule has 26 heavy (non-hydrogen) atoms. The number of esters is 1. The predicted octanol–water partition coefficient (Wildman–Crippen LogP) is 2.58. The highest BCUT2D eigenvalue weighted by molar-refractivity contribution is 5.83. The number of nitrogens with zero attached hydrogens (tertiary/aromatic N) is 1. The van der Waals surface area contributed by atoms with E-state index in [2.05, 4.69) is 0 Å². The third-order valence-electron chi connectivity index (χ3n) is 3.94. The monoisotopic (exact) mass is 357 g/mol. The number of para-hydroxylation sites is 2. The van der Waals surface area contributed by atoms with Crippen molar-refractivity contribution in [1.82, 2.24) is 4.90 Å². The Bertz CT molecular complexity index is 759. The average molecular weight is 357 g/mol. The largest absolute Gasteiger partial charge is 0.493 e. The van der Waals surface area contributed by atoms with E-state index in [9.17, 15) is 9.59 Å². The molecule has 0 aliphatic carbocycles. The number of hydrogen-bond donors (Lipinski definition) is 0. The Morgan fingerprint density at radius 3 is 2.27 bits per heavy atom. The van der Waals surface area contributed by atoms with E-state index >= 15 is 0 Å². The van der Waals surface area contributed by atoms with Crippen LogP contribution >= 0.6 is 0 Å². The van der Waals surface area contributed by atoms with E-state index in [1.54, 1.807) is 18.2 Å². The van der Waals surface area contributed by atoms with Gasteiger partial charge in [-0.25, -0.2) is 0 Å². The van der Waals surface area contributed by atoms with E-state index in [1.807, 2.05) is 37.3 Å². The van der Waals surface area contributed by atoms with Gasteiger partial charge in [0.05, 0.1) is 14.2 Å². The lowest BCUT2D eigenvalue weighted by Gasteiger charge is -2.22. The third-order valence-corrected chi connectivity index (χ3v) is 3.94. The molecule has 1 amide bonds. The zero-order valence-electron chi connectivity index (χ0n) is 15.2. The van der Waals surface area contributed by atoms with Crippen LogP contribution in [0.4, 0.5) is 0 Å².